The Morgan fingerprint density at radius 2 is 1.87 bits per heavy atom. The van der Waals surface area contributed by atoms with E-state index in [0.717, 1.165) is 27.7 Å². The summed E-state index contributed by atoms with van der Waals surface area (Å²) in [7, 11) is 1.98. The molecule has 3 rings (SSSR count). The standard InChI is InChI=1S/C18H18N4O/c1-13-7-3-5-9-16(13)20-18(23)21-19-11-14-12-22(2)17-10-6-4-8-15(14)17/h3-12H,1-2H3,(H2,20,21,23)/b19-11-. The molecular weight excluding hydrogens is 288 g/mol. The Morgan fingerprint density at radius 1 is 1.13 bits per heavy atom. The van der Waals surface area contributed by atoms with Crippen LogP contribution in [-0.2, 0) is 7.05 Å². The van der Waals surface area contributed by atoms with E-state index in [0.29, 0.717) is 0 Å². The van der Waals surface area contributed by atoms with Gasteiger partial charge < -0.3 is 9.88 Å². The molecular formula is C18H18N4O. The Kier molecular flexibility index (Phi) is 4.10. The molecule has 0 aliphatic carbocycles. The van der Waals surface area contributed by atoms with Crippen LogP contribution in [0.1, 0.15) is 11.1 Å². The van der Waals surface area contributed by atoms with E-state index in [1.165, 1.54) is 0 Å². The maximum absolute atomic E-state index is 11.9. The van der Waals surface area contributed by atoms with Crippen LogP contribution in [0, 0.1) is 6.92 Å². The number of hydrogen-bond donors (Lipinski definition) is 2. The second-order valence-corrected chi connectivity index (χ2v) is 5.35. The van der Waals surface area contributed by atoms with E-state index >= 15 is 0 Å². The molecule has 0 atom stereocenters. The van der Waals surface area contributed by atoms with Crippen molar-refractivity contribution in [3.8, 4) is 0 Å². The first-order valence-corrected chi connectivity index (χ1v) is 7.35. The van der Waals surface area contributed by atoms with E-state index in [1.807, 2.05) is 73.3 Å². The molecule has 2 aromatic carbocycles. The Morgan fingerprint density at radius 3 is 2.70 bits per heavy atom. The largest absolute Gasteiger partial charge is 0.350 e. The Labute approximate surface area is 134 Å². The second kappa shape index (κ2) is 6.36. The van der Waals surface area contributed by atoms with Crippen LogP contribution >= 0.6 is 0 Å². The molecule has 0 bridgehead atoms. The number of urea groups is 1. The topological polar surface area (TPSA) is 58.4 Å². The number of fused-ring (bicyclic) bond motifs is 1. The van der Waals surface area contributed by atoms with Crippen molar-refractivity contribution in [3.05, 3.63) is 65.9 Å². The normalized spacial score (nSPS) is 11.0. The average molecular weight is 306 g/mol. The van der Waals surface area contributed by atoms with Gasteiger partial charge in [0.1, 0.15) is 0 Å². The summed E-state index contributed by atoms with van der Waals surface area (Å²) in [6, 6.07) is 15.3. The number of hydrogen-bond acceptors (Lipinski definition) is 2. The lowest BCUT2D eigenvalue weighted by molar-refractivity contribution is 0.252. The number of carbonyl (C=O) groups is 1. The van der Waals surface area contributed by atoms with Crippen LogP contribution < -0.4 is 10.7 Å². The number of carbonyl (C=O) groups excluding carboxylic acids is 1. The minimum Gasteiger partial charge on any atom is -0.350 e. The van der Waals surface area contributed by atoms with Gasteiger partial charge in [-0.1, -0.05) is 36.4 Å². The molecule has 3 aromatic rings. The van der Waals surface area contributed by atoms with E-state index in [-0.39, 0.29) is 6.03 Å². The van der Waals surface area contributed by atoms with Crippen molar-refractivity contribution in [2.75, 3.05) is 5.32 Å². The summed E-state index contributed by atoms with van der Waals surface area (Å²) in [5.74, 6) is 0. The summed E-state index contributed by atoms with van der Waals surface area (Å²) in [6.45, 7) is 1.94. The predicted molar refractivity (Wildman–Crippen MR) is 93.8 cm³/mol. The number of benzene rings is 2. The molecule has 5 heteroatoms. The number of hydrazone groups is 1. The molecule has 0 aliphatic heterocycles. The Hall–Kier alpha value is -3.08. The third kappa shape index (κ3) is 3.23. The number of aromatic nitrogens is 1. The van der Waals surface area contributed by atoms with Gasteiger partial charge >= 0.3 is 6.03 Å². The highest BCUT2D eigenvalue weighted by atomic mass is 16.2. The van der Waals surface area contributed by atoms with Crippen molar-refractivity contribution < 1.29 is 4.79 Å². The molecule has 116 valence electrons. The molecule has 1 heterocycles. The van der Waals surface area contributed by atoms with Crippen LogP contribution in [0.4, 0.5) is 10.5 Å². The molecule has 0 saturated heterocycles. The summed E-state index contributed by atoms with van der Waals surface area (Å²) in [5.41, 5.74) is 6.34. The summed E-state index contributed by atoms with van der Waals surface area (Å²) in [6.07, 6.45) is 3.63. The molecule has 0 saturated carbocycles. The first kappa shape index (κ1) is 14.8. The van der Waals surface area contributed by atoms with Crippen molar-refractivity contribution >= 4 is 28.8 Å². The fourth-order valence-corrected chi connectivity index (χ4v) is 2.50. The Bertz CT molecular complexity index is 880. The predicted octanol–water partition coefficient (Wildman–Crippen LogP) is 3.64. The number of para-hydroxylation sites is 2. The lowest BCUT2D eigenvalue weighted by atomic mass is 10.2. The molecule has 0 radical (unpaired) electrons. The molecule has 5 nitrogen and oxygen atoms in total. The average Bonchev–Trinajstić information content (AvgIpc) is 2.87. The summed E-state index contributed by atoms with van der Waals surface area (Å²) in [5, 5.41) is 7.90. The second-order valence-electron chi connectivity index (χ2n) is 5.35. The van der Waals surface area contributed by atoms with Crippen LogP contribution in [0.25, 0.3) is 10.9 Å². The minimum absolute atomic E-state index is 0.365. The lowest BCUT2D eigenvalue weighted by Crippen LogP contribution is -2.24. The maximum Gasteiger partial charge on any atom is 0.339 e. The van der Waals surface area contributed by atoms with Crippen molar-refractivity contribution in [2.45, 2.75) is 6.92 Å². The lowest BCUT2D eigenvalue weighted by Gasteiger charge is -2.06. The van der Waals surface area contributed by atoms with Gasteiger partial charge in [0.2, 0.25) is 0 Å². The van der Waals surface area contributed by atoms with Gasteiger partial charge in [-0.15, -0.1) is 0 Å². The number of anilines is 1. The number of amides is 2. The highest BCUT2D eigenvalue weighted by Crippen LogP contribution is 2.18. The van der Waals surface area contributed by atoms with Gasteiger partial charge in [0.15, 0.2) is 0 Å². The quantitative estimate of drug-likeness (QED) is 0.563. The summed E-state index contributed by atoms with van der Waals surface area (Å²) < 4.78 is 2.03. The van der Waals surface area contributed by atoms with E-state index in [2.05, 4.69) is 15.8 Å². The minimum atomic E-state index is -0.365. The third-order valence-electron chi connectivity index (χ3n) is 3.69. The van der Waals surface area contributed by atoms with Gasteiger partial charge in [0.05, 0.1) is 6.21 Å². The smallest absolute Gasteiger partial charge is 0.339 e. The van der Waals surface area contributed by atoms with Gasteiger partial charge in [0, 0.05) is 35.4 Å². The van der Waals surface area contributed by atoms with Crippen LogP contribution in [-0.4, -0.2) is 16.8 Å². The zero-order chi connectivity index (χ0) is 16.2. The van der Waals surface area contributed by atoms with Crippen LogP contribution in [0.5, 0.6) is 0 Å². The van der Waals surface area contributed by atoms with Crippen molar-refractivity contribution in [1.29, 1.82) is 0 Å². The summed E-state index contributed by atoms with van der Waals surface area (Å²) >= 11 is 0. The first-order chi connectivity index (χ1) is 11.1. The molecule has 23 heavy (non-hydrogen) atoms. The van der Waals surface area contributed by atoms with Crippen LogP contribution in [0.3, 0.4) is 0 Å². The van der Waals surface area contributed by atoms with E-state index in [9.17, 15) is 4.79 Å². The monoisotopic (exact) mass is 306 g/mol. The van der Waals surface area contributed by atoms with E-state index < -0.39 is 0 Å². The zero-order valence-electron chi connectivity index (χ0n) is 13.1. The van der Waals surface area contributed by atoms with Gasteiger partial charge in [0.25, 0.3) is 0 Å². The highest BCUT2D eigenvalue weighted by molar-refractivity contribution is 6.00. The molecule has 2 N–H and O–H groups in total. The van der Waals surface area contributed by atoms with Gasteiger partial charge in [-0.05, 0) is 24.6 Å². The maximum atomic E-state index is 11.9. The zero-order valence-corrected chi connectivity index (χ0v) is 13.1. The van der Waals surface area contributed by atoms with Gasteiger partial charge in [-0.3, -0.25) is 0 Å². The molecule has 1 aromatic heterocycles. The van der Waals surface area contributed by atoms with Gasteiger partial charge in [-0.25, -0.2) is 10.2 Å². The fraction of sp³-hybridized carbons (Fsp3) is 0.111. The molecule has 0 unspecified atom stereocenters. The fourth-order valence-electron chi connectivity index (χ4n) is 2.50. The van der Waals surface area contributed by atoms with Crippen LogP contribution in [0.2, 0.25) is 0 Å². The Balaban J connectivity index is 1.69. The SMILES string of the molecule is Cc1ccccc1NC(=O)N/N=C\c1cn(C)c2ccccc12. The molecule has 0 aliphatic rings. The number of nitrogens with zero attached hydrogens (tertiary/aromatic N) is 2. The van der Waals surface area contributed by atoms with Crippen molar-refractivity contribution in [3.63, 3.8) is 0 Å². The molecule has 0 spiro atoms. The number of nitrogens with one attached hydrogen (secondary N) is 2. The van der Waals surface area contributed by atoms with Crippen molar-refractivity contribution in [2.24, 2.45) is 12.1 Å². The molecule has 0 fully saturated rings. The van der Waals surface area contributed by atoms with Gasteiger partial charge in [-0.2, -0.15) is 5.10 Å². The van der Waals surface area contributed by atoms with Crippen LogP contribution in [0.15, 0.2) is 59.8 Å². The van der Waals surface area contributed by atoms with Crippen molar-refractivity contribution in [1.82, 2.24) is 9.99 Å². The first-order valence-electron chi connectivity index (χ1n) is 7.35. The molecule has 2 amide bonds. The van der Waals surface area contributed by atoms with E-state index in [1.54, 1.807) is 6.21 Å². The highest BCUT2D eigenvalue weighted by Gasteiger charge is 2.04. The summed E-state index contributed by atoms with van der Waals surface area (Å²) in [4.78, 5) is 11.9. The number of aryl methyl sites for hydroxylation is 2. The number of rotatable bonds is 3. The van der Waals surface area contributed by atoms with E-state index in [4.69, 9.17) is 0 Å². The third-order valence-corrected chi connectivity index (χ3v) is 3.69.